The average molecular weight is 385 g/mol. The number of thiophene rings is 1. The van der Waals surface area contributed by atoms with E-state index in [0.717, 1.165) is 29.0 Å². The van der Waals surface area contributed by atoms with Crippen molar-refractivity contribution in [1.29, 1.82) is 0 Å². The van der Waals surface area contributed by atoms with Gasteiger partial charge < -0.3 is 15.0 Å². The monoisotopic (exact) mass is 385 g/mol. The molecule has 27 heavy (non-hydrogen) atoms. The number of amides is 2. The number of pyridine rings is 1. The van der Waals surface area contributed by atoms with Gasteiger partial charge in [-0.2, -0.15) is 0 Å². The van der Waals surface area contributed by atoms with E-state index in [1.807, 2.05) is 29.2 Å². The normalized spacial score (nSPS) is 19.4. The predicted molar refractivity (Wildman–Crippen MR) is 103 cm³/mol. The summed E-state index contributed by atoms with van der Waals surface area (Å²) in [5, 5.41) is 2.99. The lowest BCUT2D eigenvalue weighted by atomic mass is 9.87. The standard InChI is InChI=1S/C20H23N3O3S/c24-19(22-13-16-3-1-2-6-21-16)14-4-5-17-15(11-14)12-18(27-17)20(25)23-7-9-26-10-8-23/h1-3,6,12,14H,4-5,7-11,13H2,(H,22,24)/t14-/m1/s1. The number of hydrogen-bond acceptors (Lipinski definition) is 5. The Labute approximate surface area is 162 Å². The van der Waals surface area contributed by atoms with Gasteiger partial charge in [0.25, 0.3) is 5.91 Å². The average Bonchev–Trinajstić information content (AvgIpc) is 3.16. The van der Waals surface area contributed by atoms with Crippen LogP contribution in [0.3, 0.4) is 0 Å². The van der Waals surface area contributed by atoms with Crippen LogP contribution in [0.5, 0.6) is 0 Å². The summed E-state index contributed by atoms with van der Waals surface area (Å²) >= 11 is 1.59. The molecule has 1 aliphatic heterocycles. The zero-order valence-electron chi connectivity index (χ0n) is 15.1. The van der Waals surface area contributed by atoms with Gasteiger partial charge in [0.15, 0.2) is 0 Å². The highest BCUT2D eigenvalue weighted by molar-refractivity contribution is 7.14. The summed E-state index contributed by atoms with van der Waals surface area (Å²) in [5.41, 5.74) is 2.01. The first-order chi connectivity index (χ1) is 13.2. The summed E-state index contributed by atoms with van der Waals surface area (Å²) in [5.74, 6) is 0.120. The van der Waals surface area contributed by atoms with Crippen LogP contribution in [0.15, 0.2) is 30.5 Å². The molecule has 2 aromatic heterocycles. The molecule has 4 rings (SSSR count). The highest BCUT2D eigenvalue weighted by Crippen LogP contribution is 2.33. The van der Waals surface area contributed by atoms with Crippen LogP contribution in [-0.4, -0.2) is 48.0 Å². The molecule has 1 fully saturated rings. The van der Waals surface area contributed by atoms with Crippen LogP contribution in [0.25, 0.3) is 0 Å². The number of morpholine rings is 1. The third kappa shape index (κ3) is 4.20. The second-order valence-electron chi connectivity index (χ2n) is 6.94. The smallest absolute Gasteiger partial charge is 0.264 e. The number of ether oxygens (including phenoxy) is 1. The van der Waals surface area contributed by atoms with Gasteiger partial charge in [-0.25, -0.2) is 0 Å². The number of nitrogens with one attached hydrogen (secondary N) is 1. The number of aromatic nitrogens is 1. The van der Waals surface area contributed by atoms with Crippen LogP contribution >= 0.6 is 11.3 Å². The second-order valence-corrected chi connectivity index (χ2v) is 8.08. The number of nitrogens with zero attached hydrogens (tertiary/aromatic N) is 2. The second kappa shape index (κ2) is 8.19. The molecule has 1 saturated heterocycles. The number of rotatable bonds is 4. The lowest BCUT2D eigenvalue weighted by Crippen LogP contribution is -2.40. The maximum Gasteiger partial charge on any atom is 0.264 e. The molecule has 1 N–H and O–H groups in total. The zero-order valence-corrected chi connectivity index (χ0v) is 16.0. The molecule has 3 heterocycles. The first-order valence-corrected chi connectivity index (χ1v) is 10.2. The van der Waals surface area contributed by atoms with E-state index < -0.39 is 0 Å². The van der Waals surface area contributed by atoms with Crippen molar-refractivity contribution in [2.24, 2.45) is 5.92 Å². The molecule has 2 amide bonds. The summed E-state index contributed by atoms with van der Waals surface area (Å²) in [6.45, 7) is 2.97. The SMILES string of the molecule is O=C(NCc1ccccn1)[C@@H]1CCc2sc(C(=O)N3CCOCC3)cc2C1. The number of carbonyl (C=O) groups excluding carboxylic acids is 2. The zero-order chi connectivity index (χ0) is 18.6. The summed E-state index contributed by atoms with van der Waals surface area (Å²) in [4.78, 5) is 33.4. The van der Waals surface area contributed by atoms with Gasteiger partial charge in [-0.1, -0.05) is 6.07 Å². The fraction of sp³-hybridized carbons (Fsp3) is 0.450. The molecule has 2 aromatic rings. The Morgan fingerprint density at radius 3 is 2.93 bits per heavy atom. The predicted octanol–water partition coefficient (Wildman–Crippen LogP) is 2.04. The topological polar surface area (TPSA) is 71.5 Å². The van der Waals surface area contributed by atoms with E-state index in [0.29, 0.717) is 39.3 Å². The lowest BCUT2D eigenvalue weighted by molar-refractivity contribution is -0.125. The van der Waals surface area contributed by atoms with Crippen molar-refractivity contribution in [1.82, 2.24) is 15.2 Å². The Bertz CT molecular complexity index is 815. The summed E-state index contributed by atoms with van der Waals surface area (Å²) in [6, 6.07) is 7.68. The van der Waals surface area contributed by atoms with Gasteiger partial charge in [0, 0.05) is 30.1 Å². The van der Waals surface area contributed by atoms with Gasteiger partial charge in [-0.15, -0.1) is 11.3 Å². The fourth-order valence-electron chi connectivity index (χ4n) is 3.60. The Morgan fingerprint density at radius 2 is 2.15 bits per heavy atom. The maximum absolute atomic E-state index is 12.7. The summed E-state index contributed by atoms with van der Waals surface area (Å²) in [7, 11) is 0. The number of aryl methyl sites for hydroxylation is 1. The van der Waals surface area contributed by atoms with Crippen LogP contribution in [0, 0.1) is 5.92 Å². The molecule has 6 nitrogen and oxygen atoms in total. The molecular formula is C20H23N3O3S. The fourth-order valence-corrected chi connectivity index (χ4v) is 4.78. The van der Waals surface area contributed by atoms with E-state index in [-0.39, 0.29) is 17.7 Å². The van der Waals surface area contributed by atoms with Gasteiger partial charge in [0.2, 0.25) is 5.91 Å². The molecule has 7 heteroatoms. The van der Waals surface area contributed by atoms with Crippen LogP contribution in [0.4, 0.5) is 0 Å². The van der Waals surface area contributed by atoms with E-state index in [2.05, 4.69) is 10.3 Å². The van der Waals surface area contributed by atoms with Crippen LogP contribution in [-0.2, 0) is 28.9 Å². The molecular weight excluding hydrogens is 362 g/mol. The first-order valence-electron chi connectivity index (χ1n) is 9.37. The van der Waals surface area contributed by atoms with E-state index in [1.54, 1.807) is 17.5 Å². The molecule has 1 aliphatic carbocycles. The van der Waals surface area contributed by atoms with Crippen molar-refractivity contribution < 1.29 is 14.3 Å². The number of carbonyl (C=O) groups is 2. The van der Waals surface area contributed by atoms with E-state index in [9.17, 15) is 9.59 Å². The summed E-state index contributed by atoms with van der Waals surface area (Å²) in [6.07, 6.45) is 4.12. The molecule has 0 saturated carbocycles. The third-order valence-corrected chi connectivity index (χ3v) is 6.36. The van der Waals surface area contributed by atoms with Crippen molar-refractivity contribution >= 4 is 23.2 Å². The quantitative estimate of drug-likeness (QED) is 0.874. The molecule has 0 spiro atoms. The van der Waals surface area contributed by atoms with Gasteiger partial charge in [-0.05, 0) is 43.0 Å². The van der Waals surface area contributed by atoms with E-state index in [4.69, 9.17) is 4.74 Å². The van der Waals surface area contributed by atoms with Crippen molar-refractivity contribution in [3.05, 3.63) is 51.5 Å². The molecule has 142 valence electrons. The molecule has 0 bridgehead atoms. The van der Waals surface area contributed by atoms with Crippen molar-refractivity contribution in [2.45, 2.75) is 25.8 Å². The molecule has 2 aliphatic rings. The maximum atomic E-state index is 12.7. The minimum Gasteiger partial charge on any atom is -0.378 e. The van der Waals surface area contributed by atoms with Crippen molar-refractivity contribution in [3.8, 4) is 0 Å². The van der Waals surface area contributed by atoms with Crippen molar-refractivity contribution in [2.75, 3.05) is 26.3 Å². The third-order valence-electron chi connectivity index (χ3n) is 5.13. The van der Waals surface area contributed by atoms with Crippen LogP contribution < -0.4 is 5.32 Å². The highest BCUT2D eigenvalue weighted by Gasteiger charge is 2.28. The van der Waals surface area contributed by atoms with Gasteiger partial charge in [0.1, 0.15) is 0 Å². The minimum atomic E-state index is -0.0397. The highest BCUT2D eigenvalue weighted by atomic mass is 32.1. The molecule has 1 atom stereocenters. The Hall–Kier alpha value is -2.25. The number of fused-ring (bicyclic) bond motifs is 1. The Kier molecular flexibility index (Phi) is 5.50. The van der Waals surface area contributed by atoms with Crippen LogP contribution in [0.1, 0.15) is 32.2 Å². The molecule has 0 aromatic carbocycles. The van der Waals surface area contributed by atoms with E-state index >= 15 is 0 Å². The van der Waals surface area contributed by atoms with Crippen LogP contribution in [0.2, 0.25) is 0 Å². The van der Waals surface area contributed by atoms with E-state index in [1.165, 1.54) is 4.88 Å². The van der Waals surface area contributed by atoms with Crippen molar-refractivity contribution in [3.63, 3.8) is 0 Å². The number of hydrogen-bond donors (Lipinski definition) is 1. The van der Waals surface area contributed by atoms with Gasteiger partial charge >= 0.3 is 0 Å². The Balaban J connectivity index is 1.37. The Morgan fingerprint density at radius 1 is 1.30 bits per heavy atom. The van der Waals surface area contributed by atoms with Gasteiger partial charge in [-0.3, -0.25) is 14.6 Å². The molecule has 0 radical (unpaired) electrons. The minimum absolute atomic E-state index is 0.0397. The lowest BCUT2D eigenvalue weighted by Gasteiger charge is -2.26. The molecule has 0 unspecified atom stereocenters. The first kappa shape index (κ1) is 18.1. The summed E-state index contributed by atoms with van der Waals surface area (Å²) < 4.78 is 5.32. The largest absolute Gasteiger partial charge is 0.378 e. The van der Waals surface area contributed by atoms with Gasteiger partial charge in [0.05, 0.1) is 30.3 Å².